The summed E-state index contributed by atoms with van der Waals surface area (Å²) in [4.78, 5) is 1.71. The van der Waals surface area contributed by atoms with Gasteiger partial charge in [-0.1, -0.05) is 12.1 Å². The molecule has 2 atom stereocenters. The molecule has 0 bridgehead atoms. The zero-order valence-corrected chi connectivity index (χ0v) is 18.3. The molecule has 2 aromatic rings. The summed E-state index contributed by atoms with van der Waals surface area (Å²) in [6.45, 7) is 0.550. The lowest BCUT2D eigenvalue weighted by atomic mass is 9.99. The highest BCUT2D eigenvalue weighted by Crippen LogP contribution is 2.38. The number of nitrogens with one attached hydrogen (secondary N) is 1. The van der Waals surface area contributed by atoms with Crippen molar-refractivity contribution in [1.82, 2.24) is 4.90 Å². The van der Waals surface area contributed by atoms with Crippen LogP contribution in [-0.2, 0) is 42.1 Å². The van der Waals surface area contributed by atoms with Crippen molar-refractivity contribution >= 4 is 15.6 Å². The van der Waals surface area contributed by atoms with Gasteiger partial charge < -0.3 is 15.3 Å². The molecule has 2 aliphatic rings. The van der Waals surface area contributed by atoms with E-state index in [0.717, 1.165) is 49.8 Å². The van der Waals surface area contributed by atoms with E-state index < -0.39 is 22.1 Å². The number of hydrogen-bond donors (Lipinski definition) is 3. The van der Waals surface area contributed by atoms with Crippen molar-refractivity contribution in [1.29, 1.82) is 0 Å². The standard InChI is InChI=1S/C22H29FN4O2S/c1-27(2)13-14-9-10-20(19(23)11-14)30(24,29)26-22(28)25-21-17-7-3-5-15(17)12-16-6-4-8-18(16)21/h9-12,22,25,28H,3-8,13H2,1-2H3,(H2,24,26,29)/t22?,30-/m0/s1. The van der Waals surface area contributed by atoms with Gasteiger partial charge in [-0.15, -0.1) is 0 Å². The fourth-order valence-corrected chi connectivity index (χ4v) is 5.66. The third-order valence-electron chi connectivity index (χ3n) is 5.81. The number of rotatable bonds is 6. The maximum atomic E-state index is 14.6. The van der Waals surface area contributed by atoms with Crippen LogP contribution in [0.4, 0.5) is 10.1 Å². The first-order chi connectivity index (χ1) is 14.2. The Hall–Kier alpha value is -2.00. The fourth-order valence-electron chi connectivity index (χ4n) is 4.60. The average Bonchev–Trinajstić information content (AvgIpc) is 3.29. The molecule has 162 valence electrons. The molecular formula is C22H29FN4O2S. The van der Waals surface area contributed by atoms with Gasteiger partial charge in [0.15, 0.2) is 0 Å². The number of fused-ring (bicyclic) bond motifs is 2. The van der Waals surface area contributed by atoms with Gasteiger partial charge in [-0.25, -0.2) is 13.7 Å². The summed E-state index contributed by atoms with van der Waals surface area (Å²) < 4.78 is 31.4. The van der Waals surface area contributed by atoms with E-state index in [1.54, 1.807) is 6.07 Å². The molecule has 0 fully saturated rings. The average molecular weight is 433 g/mol. The summed E-state index contributed by atoms with van der Waals surface area (Å²) in [5, 5.41) is 19.5. The van der Waals surface area contributed by atoms with Gasteiger partial charge in [-0.05, 0) is 92.6 Å². The van der Waals surface area contributed by atoms with Crippen LogP contribution < -0.4 is 10.5 Å². The Balaban J connectivity index is 1.62. The first kappa shape index (κ1) is 21.2. The molecule has 0 amide bonds. The number of aliphatic hydroxyl groups excluding tert-OH is 1. The molecule has 0 aliphatic heterocycles. The minimum Gasteiger partial charge on any atom is -0.355 e. The van der Waals surface area contributed by atoms with Crippen LogP contribution in [0.1, 0.15) is 40.7 Å². The summed E-state index contributed by atoms with van der Waals surface area (Å²) >= 11 is 0. The van der Waals surface area contributed by atoms with Crippen LogP contribution in [0.25, 0.3) is 0 Å². The second-order valence-corrected chi connectivity index (χ2v) is 10.2. The van der Waals surface area contributed by atoms with Crippen molar-refractivity contribution in [2.75, 3.05) is 19.4 Å². The minimum atomic E-state index is -3.61. The van der Waals surface area contributed by atoms with E-state index in [1.165, 1.54) is 34.4 Å². The number of hydrogen-bond acceptors (Lipinski definition) is 5. The minimum absolute atomic E-state index is 0.200. The van der Waals surface area contributed by atoms with Gasteiger partial charge in [0.05, 0.1) is 4.90 Å². The molecule has 0 radical (unpaired) electrons. The fraction of sp³-hybridized carbons (Fsp3) is 0.455. The number of aryl methyl sites for hydroxylation is 2. The predicted molar refractivity (Wildman–Crippen MR) is 117 cm³/mol. The lowest BCUT2D eigenvalue weighted by molar-refractivity contribution is 0.215. The molecule has 2 aromatic carbocycles. The Morgan fingerprint density at radius 3 is 2.37 bits per heavy atom. The van der Waals surface area contributed by atoms with E-state index in [1.807, 2.05) is 19.0 Å². The van der Waals surface area contributed by atoms with Crippen LogP contribution in [0.5, 0.6) is 0 Å². The number of halogens is 1. The molecule has 4 N–H and O–H groups in total. The van der Waals surface area contributed by atoms with Crippen LogP contribution in [0.3, 0.4) is 0 Å². The lowest BCUT2D eigenvalue weighted by Crippen LogP contribution is -2.24. The van der Waals surface area contributed by atoms with Gasteiger partial charge in [-0.3, -0.25) is 0 Å². The molecule has 0 saturated carbocycles. The normalized spacial score (nSPS) is 18.1. The Morgan fingerprint density at radius 1 is 1.17 bits per heavy atom. The summed E-state index contributed by atoms with van der Waals surface area (Å²) in [7, 11) is 0.153. The van der Waals surface area contributed by atoms with Crippen molar-refractivity contribution in [2.24, 2.45) is 9.50 Å². The van der Waals surface area contributed by atoms with Gasteiger partial charge in [0.25, 0.3) is 0 Å². The van der Waals surface area contributed by atoms with Gasteiger partial charge >= 0.3 is 0 Å². The first-order valence-electron chi connectivity index (χ1n) is 10.3. The third kappa shape index (κ3) is 4.23. The number of aliphatic hydroxyl groups is 1. The van der Waals surface area contributed by atoms with Crippen molar-refractivity contribution in [3.63, 3.8) is 0 Å². The number of benzene rings is 2. The molecule has 0 saturated heterocycles. The molecule has 0 aromatic heterocycles. The molecule has 2 aliphatic carbocycles. The van der Waals surface area contributed by atoms with E-state index in [2.05, 4.69) is 15.7 Å². The molecule has 8 heteroatoms. The summed E-state index contributed by atoms with van der Waals surface area (Å²) in [5.74, 6) is -0.681. The van der Waals surface area contributed by atoms with Gasteiger partial charge in [0.2, 0.25) is 6.35 Å². The van der Waals surface area contributed by atoms with Gasteiger partial charge in [0.1, 0.15) is 15.7 Å². The topological polar surface area (TPSA) is 91.0 Å². The zero-order chi connectivity index (χ0) is 21.5. The Bertz CT molecular complexity index is 1060. The Kier molecular flexibility index (Phi) is 5.85. The number of nitrogens with two attached hydrogens (primary N) is 1. The van der Waals surface area contributed by atoms with Crippen molar-refractivity contribution in [3.8, 4) is 0 Å². The SMILES string of the molecule is CN(C)Cc1ccc([S@@](N)(=O)=NC(O)Nc2c3c(cc4c2CCC4)CCC3)c(F)c1. The predicted octanol–water partition coefficient (Wildman–Crippen LogP) is 2.95. The summed E-state index contributed by atoms with van der Waals surface area (Å²) in [6, 6.07) is 6.67. The molecular weight excluding hydrogens is 403 g/mol. The van der Waals surface area contributed by atoms with E-state index in [4.69, 9.17) is 5.14 Å². The molecule has 6 nitrogen and oxygen atoms in total. The van der Waals surface area contributed by atoms with Crippen molar-refractivity contribution in [3.05, 3.63) is 57.9 Å². The van der Waals surface area contributed by atoms with Crippen LogP contribution in [0.2, 0.25) is 0 Å². The molecule has 4 rings (SSSR count). The third-order valence-corrected chi connectivity index (χ3v) is 7.29. The van der Waals surface area contributed by atoms with E-state index in [-0.39, 0.29) is 4.90 Å². The van der Waals surface area contributed by atoms with Crippen LogP contribution in [0.15, 0.2) is 33.5 Å². The second-order valence-electron chi connectivity index (χ2n) is 8.43. The van der Waals surface area contributed by atoms with E-state index in [0.29, 0.717) is 6.54 Å². The number of nitrogens with zero attached hydrogens (tertiary/aromatic N) is 2. The highest BCUT2D eigenvalue weighted by Gasteiger charge is 2.25. The van der Waals surface area contributed by atoms with Crippen LogP contribution in [-0.4, -0.2) is 34.7 Å². The Morgan fingerprint density at radius 2 is 1.80 bits per heavy atom. The summed E-state index contributed by atoms with van der Waals surface area (Å²) in [6.07, 6.45) is 4.62. The van der Waals surface area contributed by atoms with Gasteiger partial charge in [0, 0.05) is 12.2 Å². The first-order valence-corrected chi connectivity index (χ1v) is 11.9. The highest BCUT2D eigenvalue weighted by molar-refractivity contribution is 7.91. The molecule has 0 heterocycles. The highest BCUT2D eigenvalue weighted by atomic mass is 32.2. The maximum Gasteiger partial charge on any atom is 0.233 e. The van der Waals surface area contributed by atoms with Crippen LogP contribution in [0, 0.1) is 5.82 Å². The zero-order valence-electron chi connectivity index (χ0n) is 17.4. The van der Waals surface area contributed by atoms with E-state index in [9.17, 15) is 13.7 Å². The second kappa shape index (κ2) is 8.26. The molecule has 0 spiro atoms. The number of anilines is 1. The van der Waals surface area contributed by atoms with Crippen molar-refractivity contribution in [2.45, 2.75) is 56.3 Å². The van der Waals surface area contributed by atoms with Crippen LogP contribution >= 0.6 is 0 Å². The molecule has 30 heavy (non-hydrogen) atoms. The monoisotopic (exact) mass is 432 g/mol. The largest absolute Gasteiger partial charge is 0.355 e. The lowest BCUT2D eigenvalue weighted by Gasteiger charge is -2.19. The van der Waals surface area contributed by atoms with E-state index >= 15 is 0 Å². The maximum absolute atomic E-state index is 14.6. The smallest absolute Gasteiger partial charge is 0.233 e. The summed E-state index contributed by atoms with van der Waals surface area (Å²) in [5.41, 5.74) is 6.65. The Labute approximate surface area is 177 Å². The quantitative estimate of drug-likeness (QED) is 0.612. The molecule has 1 unspecified atom stereocenters. The van der Waals surface area contributed by atoms with Crippen molar-refractivity contribution < 1.29 is 13.7 Å². The van der Waals surface area contributed by atoms with Gasteiger partial charge in [-0.2, -0.15) is 4.36 Å².